The van der Waals surface area contributed by atoms with E-state index in [4.69, 9.17) is 10.5 Å². The summed E-state index contributed by atoms with van der Waals surface area (Å²) >= 11 is 0. The summed E-state index contributed by atoms with van der Waals surface area (Å²) in [5.41, 5.74) is 8.95. The fourth-order valence-corrected chi connectivity index (χ4v) is 5.44. The average molecular weight is 487 g/mol. The Bertz CT molecular complexity index is 1120. The normalized spacial score (nSPS) is 25.2. The third kappa shape index (κ3) is 4.89. The highest BCUT2D eigenvalue weighted by Gasteiger charge is 2.56. The lowest BCUT2D eigenvalue weighted by Crippen LogP contribution is -2.40. The van der Waals surface area contributed by atoms with E-state index >= 15 is 0 Å². The molecule has 3 aliphatic rings. The smallest absolute Gasteiger partial charge is 0.258 e. The molecule has 2 saturated heterocycles. The van der Waals surface area contributed by atoms with Crippen LogP contribution in [0.2, 0.25) is 0 Å². The van der Waals surface area contributed by atoms with Gasteiger partial charge in [-0.15, -0.1) is 0 Å². The number of hydrogen-bond donors (Lipinski definition) is 2. The highest BCUT2D eigenvalue weighted by Crippen LogP contribution is 2.58. The van der Waals surface area contributed by atoms with E-state index in [0.717, 1.165) is 38.2 Å². The molecule has 0 bridgehead atoms. The molecule has 35 heavy (non-hydrogen) atoms. The lowest BCUT2D eigenvalue weighted by molar-refractivity contribution is -0.0222. The first-order chi connectivity index (χ1) is 16.7. The van der Waals surface area contributed by atoms with Crippen LogP contribution in [0.3, 0.4) is 0 Å². The molecule has 1 aromatic heterocycles. The molecule has 8 nitrogen and oxygen atoms in total. The number of halogens is 2. The summed E-state index contributed by atoms with van der Waals surface area (Å²) in [6.45, 7) is 4.62. The summed E-state index contributed by atoms with van der Waals surface area (Å²) in [5.74, 6) is -1.69. The number of piperidine rings is 2. The Morgan fingerprint density at radius 2 is 1.91 bits per heavy atom. The van der Waals surface area contributed by atoms with Crippen LogP contribution in [0.25, 0.3) is 0 Å². The van der Waals surface area contributed by atoms with E-state index in [9.17, 15) is 13.6 Å². The van der Waals surface area contributed by atoms with Gasteiger partial charge in [0.05, 0.1) is 17.9 Å². The highest BCUT2D eigenvalue weighted by atomic mass is 19.3. The molecule has 2 aromatic rings. The standard InChI is InChI=1S/C25H32F2N6O2/c1-16-11-21(31-23(29-16)32-9-6-25(26,27)7-10-32)30-22(34)19-4-3-18(28)12-20(19)33-8-5-24(15-35-2)13-17(24)14-33/h3-4,11-12,17H,5-10,13-15,28H2,1-2H3,(H,29,30,31,34). The number of rotatable bonds is 6. The molecule has 3 heterocycles. The number of aryl methyl sites for hydroxylation is 1. The van der Waals surface area contributed by atoms with E-state index in [0.29, 0.717) is 34.6 Å². The first kappa shape index (κ1) is 23.7. The zero-order valence-electron chi connectivity index (χ0n) is 20.2. The summed E-state index contributed by atoms with van der Waals surface area (Å²) in [5, 5.41) is 2.89. The van der Waals surface area contributed by atoms with Crippen molar-refractivity contribution in [1.82, 2.24) is 9.97 Å². The van der Waals surface area contributed by atoms with Gasteiger partial charge in [-0.2, -0.15) is 4.98 Å². The number of nitrogens with zero attached hydrogens (tertiary/aromatic N) is 4. The fraction of sp³-hybridized carbons (Fsp3) is 0.560. The summed E-state index contributed by atoms with van der Waals surface area (Å²) in [6, 6.07) is 7.00. The molecule has 1 aromatic carbocycles. The van der Waals surface area contributed by atoms with E-state index < -0.39 is 5.92 Å². The Morgan fingerprint density at radius 3 is 2.63 bits per heavy atom. The Kier molecular flexibility index (Phi) is 6.03. The van der Waals surface area contributed by atoms with E-state index in [-0.39, 0.29) is 37.3 Å². The number of carbonyl (C=O) groups is 1. The maximum atomic E-state index is 13.6. The van der Waals surface area contributed by atoms with Crippen molar-refractivity contribution in [3.63, 3.8) is 0 Å². The SMILES string of the molecule is COCC12CCN(c3cc(N)ccc3C(=O)Nc3cc(C)nc(N4CCC(F)(F)CC4)n3)CC1C2. The summed E-state index contributed by atoms with van der Waals surface area (Å²) in [7, 11) is 1.75. The van der Waals surface area contributed by atoms with E-state index in [1.807, 2.05) is 6.07 Å². The van der Waals surface area contributed by atoms with Gasteiger partial charge in [-0.1, -0.05) is 0 Å². The number of benzene rings is 1. The molecule has 188 valence electrons. The maximum absolute atomic E-state index is 13.6. The van der Waals surface area contributed by atoms with Crippen molar-refractivity contribution in [2.75, 3.05) is 60.7 Å². The second-order valence-electron chi connectivity index (χ2n) is 10.2. The van der Waals surface area contributed by atoms with Crippen molar-refractivity contribution in [3.05, 3.63) is 35.5 Å². The molecule has 0 spiro atoms. The maximum Gasteiger partial charge on any atom is 0.258 e. The van der Waals surface area contributed by atoms with Gasteiger partial charge in [0.2, 0.25) is 5.95 Å². The summed E-state index contributed by atoms with van der Waals surface area (Å²) < 4.78 is 32.6. The minimum atomic E-state index is -2.65. The first-order valence-electron chi connectivity index (χ1n) is 12.1. The molecule has 0 radical (unpaired) electrons. The highest BCUT2D eigenvalue weighted by molar-refractivity contribution is 6.08. The van der Waals surface area contributed by atoms with E-state index in [2.05, 4.69) is 20.2 Å². The van der Waals surface area contributed by atoms with Crippen LogP contribution < -0.4 is 20.9 Å². The number of ether oxygens (including phenoxy) is 1. The van der Waals surface area contributed by atoms with E-state index in [1.165, 1.54) is 0 Å². The number of carbonyl (C=O) groups excluding carboxylic acids is 1. The third-order valence-electron chi connectivity index (χ3n) is 7.58. The second kappa shape index (κ2) is 8.89. The van der Waals surface area contributed by atoms with Crippen LogP contribution in [-0.4, -0.2) is 61.7 Å². The van der Waals surface area contributed by atoms with Gasteiger partial charge in [0.15, 0.2) is 0 Å². The van der Waals surface area contributed by atoms with Gasteiger partial charge in [-0.3, -0.25) is 4.79 Å². The summed E-state index contributed by atoms with van der Waals surface area (Å²) in [4.78, 5) is 26.2. The van der Waals surface area contributed by atoms with Gasteiger partial charge in [-0.05, 0) is 43.9 Å². The molecule has 3 N–H and O–H groups in total. The number of hydrogen-bond acceptors (Lipinski definition) is 7. The number of aromatic nitrogens is 2. The van der Waals surface area contributed by atoms with Crippen LogP contribution in [0, 0.1) is 18.3 Å². The minimum absolute atomic E-state index is 0.173. The zero-order chi connectivity index (χ0) is 24.8. The Balaban J connectivity index is 1.33. The zero-order valence-corrected chi connectivity index (χ0v) is 20.2. The van der Waals surface area contributed by atoms with Crippen LogP contribution in [0.1, 0.15) is 41.7 Å². The van der Waals surface area contributed by atoms with Gasteiger partial charge in [0.1, 0.15) is 5.82 Å². The minimum Gasteiger partial charge on any atom is -0.399 e. The Morgan fingerprint density at radius 1 is 1.17 bits per heavy atom. The van der Waals surface area contributed by atoms with Crippen LogP contribution in [0.15, 0.2) is 24.3 Å². The monoisotopic (exact) mass is 486 g/mol. The molecule has 2 aliphatic heterocycles. The number of anilines is 4. The predicted molar refractivity (Wildman–Crippen MR) is 131 cm³/mol. The third-order valence-corrected chi connectivity index (χ3v) is 7.58. The van der Waals surface area contributed by atoms with Gasteiger partial charge >= 0.3 is 0 Å². The fourth-order valence-electron chi connectivity index (χ4n) is 5.44. The quantitative estimate of drug-likeness (QED) is 0.601. The van der Waals surface area contributed by atoms with Crippen LogP contribution in [0.4, 0.5) is 31.9 Å². The molecule has 10 heteroatoms. The number of nitrogens with one attached hydrogen (secondary N) is 1. The molecule has 1 saturated carbocycles. The topological polar surface area (TPSA) is 96.6 Å². The first-order valence-corrected chi connectivity index (χ1v) is 12.1. The van der Waals surface area contributed by atoms with Crippen LogP contribution in [-0.2, 0) is 4.74 Å². The van der Waals surface area contributed by atoms with Crippen molar-refractivity contribution in [2.45, 2.75) is 38.5 Å². The van der Waals surface area contributed by atoms with Crippen LogP contribution in [0.5, 0.6) is 0 Å². The molecule has 3 fully saturated rings. The number of fused-ring (bicyclic) bond motifs is 1. The Hall–Kier alpha value is -3.01. The Labute approximate surface area is 203 Å². The van der Waals surface area contributed by atoms with Crippen molar-refractivity contribution in [3.8, 4) is 0 Å². The largest absolute Gasteiger partial charge is 0.399 e. The lowest BCUT2D eigenvalue weighted by Gasteiger charge is -2.34. The van der Waals surface area contributed by atoms with Crippen molar-refractivity contribution in [2.24, 2.45) is 11.3 Å². The molecule has 5 rings (SSSR count). The van der Waals surface area contributed by atoms with E-state index in [1.54, 1.807) is 37.1 Å². The molecular weight excluding hydrogens is 454 g/mol. The molecular formula is C25H32F2N6O2. The number of nitrogen functional groups attached to an aromatic ring is 1. The van der Waals surface area contributed by atoms with Gasteiger partial charge < -0.3 is 25.6 Å². The van der Waals surface area contributed by atoms with Crippen molar-refractivity contribution in [1.29, 1.82) is 0 Å². The van der Waals surface area contributed by atoms with Gasteiger partial charge in [0, 0.05) is 69.0 Å². The summed E-state index contributed by atoms with van der Waals surface area (Å²) in [6.07, 6.45) is 1.70. The second-order valence-corrected chi connectivity index (χ2v) is 10.2. The van der Waals surface area contributed by atoms with Gasteiger partial charge in [0.25, 0.3) is 11.8 Å². The number of alkyl halides is 2. The van der Waals surface area contributed by atoms with Crippen molar-refractivity contribution < 1.29 is 18.3 Å². The molecule has 1 aliphatic carbocycles. The van der Waals surface area contributed by atoms with Crippen molar-refractivity contribution >= 4 is 29.0 Å². The lowest BCUT2D eigenvalue weighted by atomic mass is 9.95. The average Bonchev–Trinajstić information content (AvgIpc) is 3.52. The molecule has 2 unspecified atom stereocenters. The van der Waals surface area contributed by atoms with Gasteiger partial charge in [-0.25, -0.2) is 13.8 Å². The number of amides is 1. The number of nitrogens with two attached hydrogens (primary N) is 1. The number of methoxy groups -OCH3 is 1. The molecule has 1 amide bonds. The molecule has 2 atom stereocenters. The van der Waals surface area contributed by atoms with Crippen LogP contribution >= 0.6 is 0 Å². The predicted octanol–water partition coefficient (Wildman–Crippen LogP) is 3.72.